The van der Waals surface area contributed by atoms with Crippen molar-refractivity contribution in [2.45, 2.75) is 18.9 Å². The Hall–Kier alpha value is -0.450. The number of benzene rings is 1. The number of methoxy groups -OCH3 is 2. The fourth-order valence-electron chi connectivity index (χ4n) is 1.81. The molecule has 1 aromatic rings. The van der Waals surface area contributed by atoms with Gasteiger partial charge in [-0.15, -0.1) is 12.4 Å². The van der Waals surface area contributed by atoms with Crippen LogP contribution >= 0.6 is 28.3 Å². The van der Waals surface area contributed by atoms with E-state index in [-0.39, 0.29) is 18.4 Å². The van der Waals surface area contributed by atoms with E-state index < -0.39 is 0 Å². The van der Waals surface area contributed by atoms with E-state index in [2.05, 4.69) is 15.9 Å². The van der Waals surface area contributed by atoms with Gasteiger partial charge in [0, 0.05) is 6.04 Å². The molecule has 0 spiro atoms. The van der Waals surface area contributed by atoms with Crippen LogP contribution < -0.4 is 15.2 Å². The molecular weight excluding hydrogens is 305 g/mol. The summed E-state index contributed by atoms with van der Waals surface area (Å²) >= 11 is 3.45. The van der Waals surface area contributed by atoms with Gasteiger partial charge in [-0.05, 0) is 52.4 Å². The van der Waals surface area contributed by atoms with Crippen LogP contribution in [0.2, 0.25) is 0 Å². The molecule has 96 valence electrons. The lowest BCUT2D eigenvalue weighted by Gasteiger charge is -2.15. The van der Waals surface area contributed by atoms with Crippen LogP contribution in [0.25, 0.3) is 0 Å². The predicted octanol–water partition coefficient (Wildman–Crippen LogP) is 3.30. The van der Waals surface area contributed by atoms with Crippen molar-refractivity contribution in [3.8, 4) is 11.5 Å². The molecule has 1 aromatic carbocycles. The zero-order chi connectivity index (χ0) is 11.7. The first-order valence-corrected chi connectivity index (χ1v) is 6.13. The molecule has 0 radical (unpaired) electrons. The number of hydrogen-bond acceptors (Lipinski definition) is 3. The monoisotopic (exact) mass is 321 g/mol. The van der Waals surface area contributed by atoms with Gasteiger partial charge in [-0.1, -0.05) is 0 Å². The SMILES string of the molecule is COc1cc([C@@H](N)C2CC2)cc(OC)c1Br.Cl. The molecule has 1 atom stereocenters. The molecule has 5 heteroatoms. The van der Waals surface area contributed by atoms with Gasteiger partial charge in [0.1, 0.15) is 16.0 Å². The number of hydrogen-bond donors (Lipinski definition) is 1. The summed E-state index contributed by atoms with van der Waals surface area (Å²) in [7, 11) is 3.29. The molecule has 0 unspecified atom stereocenters. The molecule has 0 saturated heterocycles. The lowest BCUT2D eigenvalue weighted by molar-refractivity contribution is 0.387. The van der Waals surface area contributed by atoms with Crippen LogP contribution in [-0.2, 0) is 0 Å². The minimum atomic E-state index is 0. The summed E-state index contributed by atoms with van der Waals surface area (Å²) in [5.41, 5.74) is 7.25. The smallest absolute Gasteiger partial charge is 0.137 e. The van der Waals surface area contributed by atoms with Crippen LogP contribution in [-0.4, -0.2) is 14.2 Å². The molecule has 1 aliphatic rings. The second kappa shape index (κ2) is 5.94. The van der Waals surface area contributed by atoms with Crippen molar-refractivity contribution < 1.29 is 9.47 Å². The van der Waals surface area contributed by atoms with Gasteiger partial charge in [-0.2, -0.15) is 0 Å². The molecule has 2 rings (SSSR count). The van der Waals surface area contributed by atoms with Gasteiger partial charge in [0.05, 0.1) is 14.2 Å². The third-order valence-electron chi connectivity index (χ3n) is 2.98. The highest BCUT2D eigenvalue weighted by Gasteiger charge is 2.30. The summed E-state index contributed by atoms with van der Waals surface area (Å²) in [6.45, 7) is 0. The van der Waals surface area contributed by atoms with Crippen LogP contribution in [0, 0.1) is 5.92 Å². The molecule has 0 aromatic heterocycles. The molecule has 1 saturated carbocycles. The first-order valence-electron chi connectivity index (χ1n) is 5.34. The third kappa shape index (κ3) is 3.06. The van der Waals surface area contributed by atoms with E-state index in [4.69, 9.17) is 15.2 Å². The Morgan fingerprint density at radius 2 is 1.71 bits per heavy atom. The average molecular weight is 323 g/mol. The van der Waals surface area contributed by atoms with E-state index in [0.29, 0.717) is 5.92 Å². The molecule has 1 fully saturated rings. The summed E-state index contributed by atoms with van der Waals surface area (Å²) in [5.74, 6) is 2.16. The van der Waals surface area contributed by atoms with Gasteiger partial charge >= 0.3 is 0 Å². The van der Waals surface area contributed by atoms with E-state index in [1.54, 1.807) is 14.2 Å². The van der Waals surface area contributed by atoms with Gasteiger partial charge in [0.2, 0.25) is 0 Å². The van der Waals surface area contributed by atoms with Gasteiger partial charge < -0.3 is 15.2 Å². The fraction of sp³-hybridized carbons (Fsp3) is 0.500. The van der Waals surface area contributed by atoms with Crippen molar-refractivity contribution >= 4 is 28.3 Å². The lowest BCUT2D eigenvalue weighted by atomic mass is 10.0. The Balaban J connectivity index is 0.00000144. The maximum atomic E-state index is 6.17. The zero-order valence-electron chi connectivity index (χ0n) is 9.90. The van der Waals surface area contributed by atoms with E-state index >= 15 is 0 Å². The lowest BCUT2D eigenvalue weighted by Crippen LogP contribution is -2.12. The molecule has 0 bridgehead atoms. The minimum absolute atomic E-state index is 0. The summed E-state index contributed by atoms with van der Waals surface area (Å²) in [6.07, 6.45) is 2.45. The molecule has 17 heavy (non-hydrogen) atoms. The molecule has 0 aliphatic heterocycles. The van der Waals surface area contributed by atoms with E-state index in [1.807, 2.05) is 12.1 Å². The van der Waals surface area contributed by atoms with Gasteiger partial charge in [-0.25, -0.2) is 0 Å². The van der Waals surface area contributed by atoms with E-state index in [0.717, 1.165) is 21.5 Å². The second-order valence-corrected chi connectivity index (χ2v) is 4.90. The summed E-state index contributed by atoms with van der Waals surface area (Å²) in [5, 5.41) is 0. The normalized spacial score (nSPS) is 16.0. The molecule has 1 aliphatic carbocycles. The molecule has 0 heterocycles. The van der Waals surface area contributed by atoms with Crippen LogP contribution in [0.4, 0.5) is 0 Å². The van der Waals surface area contributed by atoms with Gasteiger partial charge in [0.15, 0.2) is 0 Å². The fourth-order valence-corrected chi connectivity index (χ4v) is 2.36. The maximum absolute atomic E-state index is 6.17. The van der Waals surface area contributed by atoms with Crippen molar-refractivity contribution in [1.29, 1.82) is 0 Å². The van der Waals surface area contributed by atoms with Crippen molar-refractivity contribution in [2.24, 2.45) is 11.7 Å². The number of nitrogens with two attached hydrogens (primary N) is 1. The summed E-state index contributed by atoms with van der Waals surface area (Å²) in [6, 6.07) is 4.06. The van der Waals surface area contributed by atoms with Crippen LogP contribution in [0.15, 0.2) is 16.6 Å². The Bertz CT molecular complexity index is 371. The highest BCUT2D eigenvalue weighted by molar-refractivity contribution is 9.10. The van der Waals surface area contributed by atoms with Gasteiger partial charge in [-0.3, -0.25) is 0 Å². The van der Waals surface area contributed by atoms with Crippen molar-refractivity contribution in [2.75, 3.05) is 14.2 Å². The Morgan fingerprint density at radius 1 is 1.24 bits per heavy atom. The second-order valence-electron chi connectivity index (χ2n) is 4.10. The van der Waals surface area contributed by atoms with Crippen LogP contribution in [0.1, 0.15) is 24.4 Å². The number of halogens is 2. The van der Waals surface area contributed by atoms with Crippen molar-refractivity contribution in [3.63, 3.8) is 0 Å². The Labute approximate surface area is 116 Å². The molecule has 3 nitrogen and oxygen atoms in total. The van der Waals surface area contributed by atoms with E-state index in [9.17, 15) is 0 Å². The van der Waals surface area contributed by atoms with E-state index in [1.165, 1.54) is 12.8 Å². The molecule has 2 N–H and O–H groups in total. The maximum Gasteiger partial charge on any atom is 0.137 e. The largest absolute Gasteiger partial charge is 0.495 e. The summed E-state index contributed by atoms with van der Waals surface area (Å²) < 4.78 is 11.4. The van der Waals surface area contributed by atoms with Crippen molar-refractivity contribution in [1.82, 2.24) is 0 Å². The standard InChI is InChI=1S/C12H16BrNO2.ClH/c1-15-9-5-8(12(14)7-3-4-7)6-10(16-2)11(9)13;/h5-7,12H,3-4,14H2,1-2H3;1H/t12-;/m0./s1. The topological polar surface area (TPSA) is 44.5 Å². The number of ether oxygens (including phenoxy) is 2. The highest BCUT2D eigenvalue weighted by Crippen LogP contribution is 2.43. The number of rotatable bonds is 4. The first kappa shape index (κ1) is 14.6. The first-order chi connectivity index (χ1) is 7.67. The highest BCUT2D eigenvalue weighted by atomic mass is 79.9. The van der Waals surface area contributed by atoms with Crippen molar-refractivity contribution in [3.05, 3.63) is 22.2 Å². The predicted molar refractivity (Wildman–Crippen MR) is 74.1 cm³/mol. The Morgan fingerprint density at radius 3 is 2.06 bits per heavy atom. The molecule has 0 amide bonds. The Kier molecular flexibility index (Phi) is 5.10. The summed E-state index contributed by atoms with van der Waals surface area (Å²) in [4.78, 5) is 0. The third-order valence-corrected chi connectivity index (χ3v) is 3.76. The quantitative estimate of drug-likeness (QED) is 0.925. The van der Waals surface area contributed by atoms with Gasteiger partial charge in [0.25, 0.3) is 0 Å². The van der Waals surface area contributed by atoms with Crippen LogP contribution in [0.5, 0.6) is 11.5 Å². The zero-order valence-corrected chi connectivity index (χ0v) is 12.3. The molecular formula is C12H17BrClNO2. The van der Waals surface area contributed by atoms with Crippen LogP contribution in [0.3, 0.4) is 0 Å². The average Bonchev–Trinajstić information content (AvgIpc) is 3.12. The minimum Gasteiger partial charge on any atom is -0.495 e.